The molecule has 78 valence electrons. The lowest BCUT2D eigenvalue weighted by Crippen LogP contribution is -2.41. The van der Waals surface area contributed by atoms with Gasteiger partial charge in [0, 0.05) is 11.9 Å². The van der Waals surface area contributed by atoms with Crippen LogP contribution < -0.4 is 0 Å². The number of halogens is 4. The van der Waals surface area contributed by atoms with Gasteiger partial charge >= 0.3 is 6.18 Å². The zero-order valence-corrected chi connectivity index (χ0v) is 8.87. The molecule has 1 saturated heterocycles. The summed E-state index contributed by atoms with van der Waals surface area (Å²) in [5, 5.41) is 0.807. The molecule has 0 aromatic rings. The molecular weight excluding hydrogens is 247 g/mol. The van der Waals surface area contributed by atoms with Crippen molar-refractivity contribution in [3.63, 3.8) is 0 Å². The first-order valence-corrected chi connectivity index (χ1v) is 5.48. The molecule has 1 aliphatic rings. The first kappa shape index (κ1) is 11.3. The van der Waals surface area contributed by atoms with Crippen LogP contribution in [0.5, 0.6) is 0 Å². The van der Waals surface area contributed by atoms with Crippen LogP contribution in [0.25, 0.3) is 0 Å². The molecule has 0 radical (unpaired) electrons. The third-order valence-electron chi connectivity index (χ3n) is 2.22. The summed E-state index contributed by atoms with van der Waals surface area (Å²) in [5.74, 6) is 0.385. The van der Waals surface area contributed by atoms with E-state index in [1.54, 1.807) is 0 Å². The van der Waals surface area contributed by atoms with Crippen molar-refractivity contribution in [2.24, 2.45) is 5.92 Å². The topological polar surface area (TPSA) is 3.24 Å². The minimum Gasteiger partial charge on any atom is -0.295 e. The van der Waals surface area contributed by atoms with E-state index < -0.39 is 12.7 Å². The monoisotopic (exact) mass is 259 g/mol. The lowest BCUT2D eigenvalue weighted by molar-refractivity contribution is -0.149. The highest BCUT2D eigenvalue weighted by Gasteiger charge is 2.32. The van der Waals surface area contributed by atoms with E-state index in [2.05, 4.69) is 15.9 Å². The third-order valence-corrected chi connectivity index (χ3v) is 3.14. The lowest BCUT2D eigenvalue weighted by atomic mass is 10.0. The number of alkyl halides is 4. The van der Waals surface area contributed by atoms with Gasteiger partial charge in [0.05, 0.1) is 6.54 Å². The zero-order chi connectivity index (χ0) is 9.90. The molecule has 0 bridgehead atoms. The highest BCUT2D eigenvalue weighted by atomic mass is 79.9. The van der Waals surface area contributed by atoms with E-state index in [0.717, 1.165) is 18.2 Å². The highest BCUT2D eigenvalue weighted by molar-refractivity contribution is 9.09. The van der Waals surface area contributed by atoms with Crippen LogP contribution in [0.15, 0.2) is 0 Å². The maximum Gasteiger partial charge on any atom is 0.401 e. The Morgan fingerprint density at radius 3 is 2.62 bits per heavy atom. The van der Waals surface area contributed by atoms with E-state index in [9.17, 15) is 13.2 Å². The van der Waals surface area contributed by atoms with Gasteiger partial charge in [0.25, 0.3) is 0 Å². The number of nitrogens with zero attached hydrogens (tertiary/aromatic N) is 1. The van der Waals surface area contributed by atoms with Crippen LogP contribution in [0.1, 0.15) is 12.8 Å². The summed E-state index contributed by atoms with van der Waals surface area (Å²) in [6, 6.07) is 0. The Labute approximate surface area is 84.4 Å². The summed E-state index contributed by atoms with van der Waals surface area (Å²) in [4.78, 5) is 1.50. The fourth-order valence-electron chi connectivity index (χ4n) is 1.67. The van der Waals surface area contributed by atoms with Crippen molar-refractivity contribution in [3.05, 3.63) is 0 Å². The van der Waals surface area contributed by atoms with Crippen LogP contribution in [0.4, 0.5) is 13.2 Å². The zero-order valence-electron chi connectivity index (χ0n) is 7.28. The van der Waals surface area contributed by atoms with Crippen LogP contribution in [0.2, 0.25) is 0 Å². The van der Waals surface area contributed by atoms with Crippen molar-refractivity contribution < 1.29 is 13.2 Å². The maximum atomic E-state index is 12.0. The second-order valence-electron chi connectivity index (χ2n) is 3.51. The quantitative estimate of drug-likeness (QED) is 0.690. The average Bonchev–Trinajstić information content (AvgIpc) is 2.01. The van der Waals surface area contributed by atoms with E-state index in [1.807, 2.05) is 0 Å². The average molecular weight is 260 g/mol. The third kappa shape index (κ3) is 4.31. The Bertz CT molecular complexity index is 160. The van der Waals surface area contributed by atoms with Gasteiger partial charge in [-0.25, -0.2) is 0 Å². The first-order chi connectivity index (χ1) is 6.01. The van der Waals surface area contributed by atoms with Crippen LogP contribution in [0.3, 0.4) is 0 Å². The molecule has 0 aliphatic carbocycles. The maximum absolute atomic E-state index is 12.0. The number of rotatable bonds is 2. The summed E-state index contributed by atoms with van der Waals surface area (Å²) in [6.45, 7) is 0.407. The standard InChI is InChI=1S/C8H13BrF3N/c9-4-7-2-1-3-13(5-7)6-8(10,11)12/h7H,1-6H2. The second kappa shape index (κ2) is 4.64. The van der Waals surface area contributed by atoms with Crippen LogP contribution in [-0.4, -0.2) is 36.0 Å². The van der Waals surface area contributed by atoms with E-state index in [0.29, 0.717) is 19.0 Å². The van der Waals surface area contributed by atoms with Crippen molar-refractivity contribution in [1.82, 2.24) is 4.90 Å². The molecule has 0 saturated carbocycles. The molecule has 1 aliphatic heterocycles. The highest BCUT2D eigenvalue weighted by Crippen LogP contribution is 2.22. The largest absolute Gasteiger partial charge is 0.401 e. The molecule has 5 heteroatoms. The van der Waals surface area contributed by atoms with E-state index in [-0.39, 0.29) is 0 Å². The first-order valence-electron chi connectivity index (χ1n) is 4.36. The molecule has 1 atom stereocenters. The number of likely N-dealkylation sites (tertiary alicyclic amines) is 1. The minimum atomic E-state index is -4.05. The van der Waals surface area contributed by atoms with Crippen molar-refractivity contribution in [2.75, 3.05) is 25.0 Å². The second-order valence-corrected chi connectivity index (χ2v) is 4.16. The van der Waals surface area contributed by atoms with Gasteiger partial charge in [0.15, 0.2) is 0 Å². The molecule has 1 fully saturated rings. The Morgan fingerprint density at radius 2 is 2.08 bits per heavy atom. The van der Waals surface area contributed by atoms with Gasteiger partial charge in [0.2, 0.25) is 0 Å². The number of piperidine rings is 1. The van der Waals surface area contributed by atoms with E-state index in [4.69, 9.17) is 0 Å². The summed E-state index contributed by atoms with van der Waals surface area (Å²) in [6.07, 6.45) is -2.12. The normalized spacial score (nSPS) is 26.3. The lowest BCUT2D eigenvalue weighted by Gasteiger charge is -2.32. The van der Waals surface area contributed by atoms with E-state index >= 15 is 0 Å². The molecule has 0 spiro atoms. The van der Waals surface area contributed by atoms with Crippen molar-refractivity contribution >= 4 is 15.9 Å². The van der Waals surface area contributed by atoms with Gasteiger partial charge in [-0.1, -0.05) is 15.9 Å². The Morgan fingerprint density at radius 1 is 1.38 bits per heavy atom. The minimum absolute atomic E-state index is 0.385. The summed E-state index contributed by atoms with van der Waals surface area (Å²) in [7, 11) is 0. The Balaban J connectivity index is 2.34. The molecule has 0 amide bonds. The molecule has 0 aromatic heterocycles. The molecular formula is C8H13BrF3N. The number of hydrogen-bond donors (Lipinski definition) is 0. The van der Waals surface area contributed by atoms with Gasteiger partial charge in [-0.05, 0) is 25.3 Å². The number of hydrogen-bond acceptors (Lipinski definition) is 1. The van der Waals surface area contributed by atoms with Crippen molar-refractivity contribution in [3.8, 4) is 0 Å². The van der Waals surface area contributed by atoms with Crippen molar-refractivity contribution in [1.29, 1.82) is 0 Å². The molecule has 0 N–H and O–H groups in total. The van der Waals surface area contributed by atoms with Gasteiger partial charge < -0.3 is 0 Å². The smallest absolute Gasteiger partial charge is 0.295 e. The predicted octanol–water partition coefficient (Wildman–Crippen LogP) is 2.66. The Hall–Kier alpha value is 0.230. The molecule has 1 rings (SSSR count). The molecule has 1 nitrogen and oxygen atoms in total. The van der Waals surface area contributed by atoms with Crippen LogP contribution in [0, 0.1) is 5.92 Å². The van der Waals surface area contributed by atoms with Gasteiger partial charge in [-0.2, -0.15) is 13.2 Å². The molecule has 0 aromatic carbocycles. The van der Waals surface area contributed by atoms with Gasteiger partial charge in [-0.15, -0.1) is 0 Å². The van der Waals surface area contributed by atoms with E-state index in [1.165, 1.54) is 4.90 Å². The van der Waals surface area contributed by atoms with Gasteiger partial charge in [-0.3, -0.25) is 4.90 Å². The summed E-state index contributed by atoms with van der Waals surface area (Å²) < 4.78 is 36.1. The Kier molecular flexibility index (Phi) is 4.04. The van der Waals surface area contributed by atoms with Crippen LogP contribution >= 0.6 is 15.9 Å². The summed E-state index contributed by atoms with van der Waals surface area (Å²) >= 11 is 3.31. The van der Waals surface area contributed by atoms with Crippen molar-refractivity contribution in [2.45, 2.75) is 19.0 Å². The SMILES string of the molecule is FC(F)(F)CN1CCCC(CBr)C1. The molecule has 1 unspecified atom stereocenters. The van der Waals surface area contributed by atoms with Crippen LogP contribution in [-0.2, 0) is 0 Å². The molecule has 1 heterocycles. The summed E-state index contributed by atoms with van der Waals surface area (Å²) in [5.41, 5.74) is 0. The predicted molar refractivity (Wildman–Crippen MR) is 49.0 cm³/mol. The fourth-order valence-corrected chi connectivity index (χ4v) is 2.20. The van der Waals surface area contributed by atoms with Gasteiger partial charge in [0.1, 0.15) is 0 Å². The fraction of sp³-hybridized carbons (Fsp3) is 1.00. The molecule has 13 heavy (non-hydrogen) atoms.